The van der Waals surface area contributed by atoms with Crippen molar-refractivity contribution in [1.82, 2.24) is 0 Å². The molecule has 1 rings (SSSR count). The highest BCUT2D eigenvalue weighted by molar-refractivity contribution is 7.46. The monoisotopic (exact) mass is 223 g/mol. The summed E-state index contributed by atoms with van der Waals surface area (Å²) in [5, 5.41) is 0. The summed E-state index contributed by atoms with van der Waals surface area (Å²) in [5.74, 6) is 0.628. The Morgan fingerprint density at radius 3 is 2.57 bits per heavy atom. The van der Waals surface area contributed by atoms with E-state index in [1.165, 1.54) is 0 Å². The Morgan fingerprint density at radius 2 is 2.21 bits per heavy atom. The van der Waals surface area contributed by atoms with Crippen molar-refractivity contribution < 1.29 is 18.9 Å². The van der Waals surface area contributed by atoms with Gasteiger partial charge >= 0.3 is 7.82 Å². The number of hydrogen-bond acceptors (Lipinski definition) is 3. The van der Waals surface area contributed by atoms with Crippen LogP contribution in [0.4, 0.5) is 0 Å². The van der Waals surface area contributed by atoms with E-state index < -0.39 is 13.9 Å². The predicted octanol–water partition coefficient (Wildman–Crippen LogP) is 0.859. The van der Waals surface area contributed by atoms with Gasteiger partial charge in [-0.3, -0.25) is 4.52 Å². The molecule has 1 saturated carbocycles. The highest BCUT2D eigenvalue weighted by Crippen LogP contribution is 2.43. The fourth-order valence-corrected chi connectivity index (χ4v) is 2.79. The Balaban J connectivity index is 2.57. The van der Waals surface area contributed by atoms with E-state index in [-0.39, 0.29) is 12.5 Å². The molecule has 1 unspecified atom stereocenters. The number of rotatable bonds is 4. The predicted molar refractivity (Wildman–Crippen MR) is 52.5 cm³/mol. The Bertz CT molecular complexity index is 229. The third-order valence-electron chi connectivity index (χ3n) is 2.91. The maximum atomic E-state index is 10.7. The van der Waals surface area contributed by atoms with Gasteiger partial charge < -0.3 is 15.5 Å². The summed E-state index contributed by atoms with van der Waals surface area (Å²) >= 11 is 0. The molecule has 0 radical (unpaired) electrons. The molecule has 0 heterocycles. The van der Waals surface area contributed by atoms with Crippen LogP contribution in [0, 0.1) is 11.8 Å². The van der Waals surface area contributed by atoms with Gasteiger partial charge in [-0.15, -0.1) is 0 Å². The lowest BCUT2D eigenvalue weighted by molar-refractivity contribution is 0.0806. The van der Waals surface area contributed by atoms with Crippen LogP contribution in [0.2, 0.25) is 0 Å². The number of phosphoric ester groups is 1. The van der Waals surface area contributed by atoms with Crippen molar-refractivity contribution in [1.29, 1.82) is 0 Å². The molecule has 0 aromatic heterocycles. The van der Waals surface area contributed by atoms with Gasteiger partial charge in [-0.1, -0.05) is 19.8 Å². The van der Waals surface area contributed by atoms with E-state index in [9.17, 15) is 4.57 Å². The first-order chi connectivity index (χ1) is 6.44. The molecule has 0 spiro atoms. The molecule has 1 fully saturated rings. The minimum absolute atomic E-state index is 0.167. The molecule has 0 aromatic rings. The minimum atomic E-state index is -4.40. The van der Waals surface area contributed by atoms with Gasteiger partial charge in [-0.05, 0) is 18.3 Å². The standard InChI is InChI=1S/C8H18NO4P/c1-6-3-2-4-7(6)8(5-9)13-14(10,11)12/h6-8H,2-5,9H2,1H3,(H2,10,11,12)/t6-,7-,8?/m1/s1. The molecular formula is C8H18NO4P. The zero-order valence-electron chi connectivity index (χ0n) is 8.30. The van der Waals surface area contributed by atoms with Crippen LogP contribution in [0.15, 0.2) is 0 Å². The van der Waals surface area contributed by atoms with E-state index in [4.69, 9.17) is 15.5 Å². The van der Waals surface area contributed by atoms with Crippen LogP contribution in [0.25, 0.3) is 0 Å². The third kappa shape index (κ3) is 3.33. The van der Waals surface area contributed by atoms with E-state index in [0.717, 1.165) is 19.3 Å². The van der Waals surface area contributed by atoms with Crippen molar-refractivity contribution in [2.75, 3.05) is 6.54 Å². The van der Waals surface area contributed by atoms with Gasteiger partial charge in [0.1, 0.15) is 0 Å². The van der Waals surface area contributed by atoms with Gasteiger partial charge in [0.15, 0.2) is 0 Å². The summed E-state index contributed by atoms with van der Waals surface area (Å²) in [7, 11) is -4.40. The molecule has 6 heteroatoms. The fourth-order valence-electron chi connectivity index (χ4n) is 2.20. The maximum absolute atomic E-state index is 10.7. The molecule has 14 heavy (non-hydrogen) atoms. The number of phosphoric acid groups is 1. The topological polar surface area (TPSA) is 92.8 Å². The Labute approximate surface area is 83.9 Å². The first-order valence-corrected chi connectivity index (χ1v) is 6.41. The quantitative estimate of drug-likeness (QED) is 0.614. The van der Waals surface area contributed by atoms with Gasteiger partial charge in [0.2, 0.25) is 0 Å². The van der Waals surface area contributed by atoms with Crippen molar-refractivity contribution in [3.05, 3.63) is 0 Å². The normalized spacial score (nSPS) is 30.6. The van der Waals surface area contributed by atoms with Crippen LogP contribution in [-0.4, -0.2) is 22.4 Å². The zero-order chi connectivity index (χ0) is 10.8. The van der Waals surface area contributed by atoms with E-state index in [1.807, 2.05) is 0 Å². The summed E-state index contributed by atoms with van der Waals surface area (Å²) in [5.41, 5.74) is 5.45. The maximum Gasteiger partial charge on any atom is 0.469 e. The van der Waals surface area contributed by atoms with Crippen LogP contribution in [0.1, 0.15) is 26.2 Å². The van der Waals surface area contributed by atoms with Crippen molar-refractivity contribution in [3.8, 4) is 0 Å². The molecule has 84 valence electrons. The molecule has 4 N–H and O–H groups in total. The molecule has 0 aromatic carbocycles. The first kappa shape index (κ1) is 12.1. The zero-order valence-corrected chi connectivity index (χ0v) is 9.19. The van der Waals surface area contributed by atoms with Crippen LogP contribution < -0.4 is 5.73 Å². The van der Waals surface area contributed by atoms with Crippen LogP contribution in [0.5, 0.6) is 0 Å². The van der Waals surface area contributed by atoms with E-state index >= 15 is 0 Å². The second-order valence-electron chi connectivity index (χ2n) is 3.94. The molecule has 0 saturated heterocycles. The molecule has 0 bridgehead atoms. The van der Waals surface area contributed by atoms with Crippen LogP contribution in [-0.2, 0) is 9.09 Å². The summed E-state index contributed by atoms with van der Waals surface area (Å²) in [6.45, 7) is 2.24. The van der Waals surface area contributed by atoms with Crippen molar-refractivity contribution in [3.63, 3.8) is 0 Å². The van der Waals surface area contributed by atoms with Gasteiger partial charge in [0, 0.05) is 6.54 Å². The van der Waals surface area contributed by atoms with Crippen molar-refractivity contribution >= 4 is 7.82 Å². The number of hydrogen-bond donors (Lipinski definition) is 3. The molecule has 1 aliphatic carbocycles. The number of nitrogens with two attached hydrogens (primary N) is 1. The lowest BCUT2D eigenvalue weighted by Crippen LogP contribution is -2.32. The summed E-state index contributed by atoms with van der Waals surface area (Å²) in [6.07, 6.45) is 2.62. The van der Waals surface area contributed by atoms with E-state index in [1.54, 1.807) is 0 Å². The van der Waals surface area contributed by atoms with Gasteiger partial charge in [0.05, 0.1) is 6.10 Å². The summed E-state index contributed by atoms with van der Waals surface area (Å²) < 4.78 is 15.4. The van der Waals surface area contributed by atoms with E-state index in [2.05, 4.69) is 11.4 Å². The summed E-state index contributed by atoms with van der Waals surface area (Å²) in [6, 6.07) is 0. The van der Waals surface area contributed by atoms with Crippen LogP contribution >= 0.6 is 7.82 Å². The Kier molecular flexibility index (Phi) is 4.10. The lowest BCUT2D eigenvalue weighted by Gasteiger charge is -2.25. The van der Waals surface area contributed by atoms with E-state index in [0.29, 0.717) is 5.92 Å². The minimum Gasteiger partial charge on any atom is -0.328 e. The molecule has 0 amide bonds. The largest absolute Gasteiger partial charge is 0.469 e. The average Bonchev–Trinajstić information content (AvgIpc) is 2.45. The second-order valence-corrected chi connectivity index (χ2v) is 5.13. The highest BCUT2D eigenvalue weighted by Gasteiger charge is 2.34. The SMILES string of the molecule is C[C@@H]1CCC[C@H]1C(CN)OP(=O)(O)O. The molecule has 3 atom stereocenters. The van der Waals surface area contributed by atoms with Gasteiger partial charge in [0.25, 0.3) is 0 Å². The smallest absolute Gasteiger partial charge is 0.328 e. The van der Waals surface area contributed by atoms with Crippen molar-refractivity contribution in [2.45, 2.75) is 32.3 Å². The average molecular weight is 223 g/mol. The first-order valence-electron chi connectivity index (χ1n) is 4.88. The molecule has 0 aliphatic heterocycles. The molecule has 5 nitrogen and oxygen atoms in total. The van der Waals surface area contributed by atoms with Crippen LogP contribution in [0.3, 0.4) is 0 Å². The fraction of sp³-hybridized carbons (Fsp3) is 1.00. The Hall–Kier alpha value is 0.0700. The lowest BCUT2D eigenvalue weighted by atomic mass is 9.92. The molecular weight excluding hydrogens is 205 g/mol. The Morgan fingerprint density at radius 1 is 1.57 bits per heavy atom. The second kappa shape index (κ2) is 4.73. The summed E-state index contributed by atoms with van der Waals surface area (Å²) in [4.78, 5) is 17.4. The third-order valence-corrected chi connectivity index (χ3v) is 3.46. The van der Waals surface area contributed by atoms with Gasteiger partial charge in [-0.2, -0.15) is 0 Å². The van der Waals surface area contributed by atoms with Gasteiger partial charge in [-0.25, -0.2) is 4.57 Å². The highest BCUT2D eigenvalue weighted by atomic mass is 31.2. The van der Waals surface area contributed by atoms with Crippen molar-refractivity contribution in [2.24, 2.45) is 17.6 Å². The molecule has 1 aliphatic rings.